The second-order valence-corrected chi connectivity index (χ2v) is 13.2. The summed E-state index contributed by atoms with van der Waals surface area (Å²) in [7, 11) is -14.2. The lowest BCUT2D eigenvalue weighted by molar-refractivity contribution is -0.434. The molecule has 0 atom stereocenters. The van der Waals surface area contributed by atoms with Crippen molar-refractivity contribution in [3.05, 3.63) is 59.7 Å². The first-order valence-corrected chi connectivity index (χ1v) is 15.2. The highest BCUT2D eigenvalue weighted by Crippen LogP contribution is 2.45. The number of nitrogens with zero attached hydrogens (tertiary/aromatic N) is 1. The molecule has 0 aliphatic carbocycles. The average molecular weight is 568 g/mol. The van der Waals surface area contributed by atoms with E-state index in [0.29, 0.717) is 18.2 Å². The van der Waals surface area contributed by atoms with Gasteiger partial charge < -0.3 is 13.7 Å². The van der Waals surface area contributed by atoms with Crippen LogP contribution in [-0.2, 0) is 35.8 Å². The van der Waals surface area contributed by atoms with E-state index < -0.39 is 45.6 Å². The first-order valence-electron chi connectivity index (χ1n) is 11.0. The highest BCUT2D eigenvalue weighted by Gasteiger charge is 2.44. The first-order chi connectivity index (χ1) is 16.8. The van der Waals surface area contributed by atoms with Gasteiger partial charge in [-0.1, -0.05) is 17.7 Å². The number of aryl methyl sites for hydroxylation is 1. The summed E-state index contributed by atoms with van der Waals surface area (Å²) in [6.07, 6.45) is 0. The van der Waals surface area contributed by atoms with E-state index in [2.05, 4.69) is 0 Å². The maximum Gasteiger partial charge on any atom is 0.210 e. The summed E-state index contributed by atoms with van der Waals surface area (Å²) >= 11 is 0. The summed E-state index contributed by atoms with van der Waals surface area (Å²) in [6.45, 7) is 10.3. The third-order valence-corrected chi connectivity index (χ3v) is 9.00. The van der Waals surface area contributed by atoms with Crippen LogP contribution in [0.15, 0.2) is 63.2 Å². The number of fused-ring (bicyclic) bond motifs is 3. The number of rotatable bonds is 4. The van der Waals surface area contributed by atoms with Crippen molar-refractivity contribution in [2.45, 2.75) is 54.7 Å². The van der Waals surface area contributed by atoms with E-state index in [-0.39, 0.29) is 15.7 Å². The van der Waals surface area contributed by atoms with Crippen LogP contribution in [0.3, 0.4) is 0 Å². The van der Waals surface area contributed by atoms with Crippen LogP contribution in [0.25, 0.3) is 10.8 Å². The molecule has 0 saturated carbocycles. The molecular formula is C24H25NO9S3-2. The molecule has 0 N–H and O–H groups in total. The largest absolute Gasteiger partial charge is 0.744 e. The van der Waals surface area contributed by atoms with Gasteiger partial charge in [-0.25, -0.2) is 25.3 Å². The number of hydrogen-bond acceptors (Lipinski definition) is 9. The molecule has 3 aromatic rings. The summed E-state index contributed by atoms with van der Waals surface area (Å²) in [4.78, 5) is -1.60. The molecule has 13 heteroatoms. The van der Waals surface area contributed by atoms with Gasteiger partial charge in [0, 0.05) is 23.9 Å². The van der Waals surface area contributed by atoms with Crippen molar-refractivity contribution in [1.29, 1.82) is 0 Å². The zero-order valence-corrected chi connectivity index (χ0v) is 23.1. The van der Waals surface area contributed by atoms with Gasteiger partial charge in [0.15, 0.2) is 5.71 Å². The summed E-state index contributed by atoms with van der Waals surface area (Å²) in [5, 5.41) is 0.402. The smallest absolute Gasteiger partial charge is 0.210 e. The minimum Gasteiger partial charge on any atom is -0.744 e. The Hall–Kier alpha value is -2.68. The van der Waals surface area contributed by atoms with Crippen LogP contribution in [0.4, 0.5) is 5.69 Å². The van der Waals surface area contributed by atoms with Crippen molar-refractivity contribution in [3.8, 4) is 0 Å². The minimum atomic E-state index is -4.97. The summed E-state index contributed by atoms with van der Waals surface area (Å²) in [5.41, 5.74) is 2.91. The Balaban J connectivity index is 0.000000289. The topological polar surface area (TPSA) is 175 Å². The van der Waals surface area contributed by atoms with E-state index in [4.69, 9.17) is 0 Å². The molecule has 0 fully saturated rings. The van der Waals surface area contributed by atoms with Gasteiger partial charge in [-0.15, -0.1) is 0 Å². The van der Waals surface area contributed by atoms with Gasteiger partial charge >= 0.3 is 0 Å². The molecule has 37 heavy (non-hydrogen) atoms. The van der Waals surface area contributed by atoms with Gasteiger partial charge in [-0.3, -0.25) is 0 Å². The quantitative estimate of drug-likeness (QED) is 0.339. The Bertz CT molecular complexity index is 1750. The first kappa shape index (κ1) is 28.9. The van der Waals surface area contributed by atoms with E-state index in [9.17, 15) is 38.9 Å². The average Bonchev–Trinajstić information content (AvgIpc) is 2.97. The fraction of sp³-hybridized carbons (Fsp3) is 0.292. The zero-order chi connectivity index (χ0) is 28.1. The maximum absolute atomic E-state index is 11.7. The Labute approximate surface area is 216 Å². The second kappa shape index (κ2) is 9.57. The van der Waals surface area contributed by atoms with E-state index >= 15 is 0 Å². The fourth-order valence-electron chi connectivity index (χ4n) is 4.41. The molecule has 10 nitrogen and oxygen atoms in total. The van der Waals surface area contributed by atoms with E-state index in [1.165, 1.54) is 24.3 Å². The van der Waals surface area contributed by atoms with Crippen molar-refractivity contribution in [2.75, 3.05) is 6.54 Å². The summed E-state index contributed by atoms with van der Waals surface area (Å²) in [5.74, 6) is 0. The van der Waals surface area contributed by atoms with E-state index in [1.54, 1.807) is 18.2 Å². The fourth-order valence-corrected chi connectivity index (χ4v) is 6.20. The third-order valence-electron chi connectivity index (χ3n) is 6.46. The molecule has 0 radical (unpaired) electrons. The minimum absolute atomic E-state index is 0.116. The molecular weight excluding hydrogens is 542 g/mol. The van der Waals surface area contributed by atoms with Gasteiger partial charge in [-0.2, -0.15) is 4.58 Å². The Kier molecular flexibility index (Phi) is 7.47. The lowest BCUT2D eigenvalue weighted by atomic mass is 9.80. The van der Waals surface area contributed by atoms with E-state index in [0.717, 1.165) is 17.0 Å². The molecule has 3 aromatic carbocycles. The summed E-state index contributed by atoms with van der Waals surface area (Å²) in [6, 6.07) is 10.8. The lowest BCUT2D eigenvalue weighted by Crippen LogP contribution is -2.26. The van der Waals surface area contributed by atoms with Gasteiger partial charge in [0.05, 0.1) is 20.1 Å². The SMILES string of the molecule is CC[N+]1=C(C)C(C)(C)c2c1ccc1c(S(=O)(=O)[O-])cc(S(=O)(=O)[O-])cc21.Cc1ccc(S(=O)(=O)[O-])cc1. The lowest BCUT2D eigenvalue weighted by Gasteiger charge is -2.20. The van der Waals surface area contributed by atoms with Crippen LogP contribution in [0.5, 0.6) is 0 Å². The Morgan fingerprint density at radius 3 is 1.73 bits per heavy atom. The highest BCUT2D eigenvalue weighted by atomic mass is 32.2. The van der Waals surface area contributed by atoms with E-state index in [1.807, 2.05) is 39.2 Å². The standard InChI is InChI=1S/C17H19NO6S2.C7H8O3S/c1-5-18-10(2)17(3,4)16-13-8-11(25(19,20)21)9-15(26(22,23)24)12(13)6-7-14(16)18;1-6-2-4-7(5-3-6)11(8,9)10/h6-9H,5H2,1-4H3,(H-,19,20,21,22,23,24);2-5H,1H3,(H,8,9,10)/p-2. The third kappa shape index (κ3) is 5.61. The van der Waals surface area contributed by atoms with Crippen LogP contribution in [0.1, 0.15) is 38.8 Å². The Morgan fingerprint density at radius 2 is 1.27 bits per heavy atom. The van der Waals surface area contributed by atoms with Gasteiger partial charge in [0.25, 0.3) is 0 Å². The molecule has 0 bridgehead atoms. The molecule has 1 heterocycles. The molecule has 0 spiro atoms. The number of benzene rings is 3. The van der Waals surface area contributed by atoms with Crippen molar-refractivity contribution < 1.29 is 43.5 Å². The Morgan fingerprint density at radius 1 is 0.730 bits per heavy atom. The molecule has 0 amide bonds. The summed E-state index contributed by atoms with van der Waals surface area (Å²) < 4.78 is 103. The molecule has 4 rings (SSSR count). The molecule has 0 unspecified atom stereocenters. The highest BCUT2D eigenvalue weighted by molar-refractivity contribution is 7.86. The molecule has 0 saturated heterocycles. The predicted octanol–water partition coefficient (Wildman–Crippen LogP) is 2.96. The van der Waals surface area contributed by atoms with Crippen LogP contribution in [0.2, 0.25) is 0 Å². The van der Waals surface area contributed by atoms with Crippen LogP contribution >= 0.6 is 0 Å². The normalized spacial score (nSPS) is 15.4. The zero-order valence-electron chi connectivity index (χ0n) is 20.7. The molecule has 1 aliphatic rings. The second-order valence-electron chi connectivity index (χ2n) is 9.11. The van der Waals surface area contributed by atoms with Crippen molar-refractivity contribution in [3.63, 3.8) is 0 Å². The molecule has 1 aliphatic heterocycles. The maximum atomic E-state index is 11.7. The van der Waals surface area contributed by atoms with Crippen LogP contribution in [0, 0.1) is 6.92 Å². The van der Waals surface area contributed by atoms with Crippen molar-refractivity contribution >= 4 is 52.5 Å². The van der Waals surface area contributed by atoms with Gasteiger partial charge in [-0.05, 0) is 63.4 Å². The molecule has 0 aromatic heterocycles. The van der Waals surface area contributed by atoms with Gasteiger partial charge in [0.1, 0.15) is 36.9 Å². The van der Waals surface area contributed by atoms with Crippen LogP contribution < -0.4 is 0 Å². The number of hydrogen-bond donors (Lipinski definition) is 0. The predicted molar refractivity (Wildman–Crippen MR) is 133 cm³/mol. The van der Waals surface area contributed by atoms with Crippen molar-refractivity contribution in [2.24, 2.45) is 0 Å². The van der Waals surface area contributed by atoms with Crippen molar-refractivity contribution in [1.82, 2.24) is 0 Å². The van der Waals surface area contributed by atoms with Crippen LogP contribution in [-0.4, -0.2) is 55.7 Å². The molecule has 200 valence electrons. The van der Waals surface area contributed by atoms with Gasteiger partial charge in [0.2, 0.25) is 5.69 Å². The monoisotopic (exact) mass is 567 g/mol.